The molecule has 1 aliphatic rings. The van der Waals surface area contributed by atoms with Crippen molar-refractivity contribution in [3.05, 3.63) is 12.3 Å². The summed E-state index contributed by atoms with van der Waals surface area (Å²) < 4.78 is 7.06. The highest BCUT2D eigenvalue weighted by Crippen LogP contribution is 2.13. The van der Waals surface area contributed by atoms with Crippen LogP contribution in [0.15, 0.2) is 6.07 Å². The van der Waals surface area contributed by atoms with Gasteiger partial charge in [-0.3, -0.25) is 0 Å². The minimum Gasteiger partial charge on any atom is -0.478 e. The van der Waals surface area contributed by atoms with Gasteiger partial charge in [0, 0.05) is 19.0 Å². The van der Waals surface area contributed by atoms with Crippen LogP contribution in [-0.4, -0.2) is 16.4 Å². The van der Waals surface area contributed by atoms with Gasteiger partial charge < -0.3 is 4.74 Å². The van der Waals surface area contributed by atoms with Gasteiger partial charge in [0.05, 0.1) is 6.61 Å². The standard InChI is InChI=1S/C6H7N2O/c1-4-8-6(9-5-1)2-3-7-8/h2H,1,4-5H2. The first-order valence-electron chi connectivity index (χ1n) is 3.03. The highest BCUT2D eigenvalue weighted by molar-refractivity contribution is 5.07. The van der Waals surface area contributed by atoms with Crippen LogP contribution in [0.3, 0.4) is 0 Å². The van der Waals surface area contributed by atoms with Crippen LogP contribution in [0.5, 0.6) is 5.88 Å². The Bertz CT molecular complexity index is 186. The van der Waals surface area contributed by atoms with Crippen molar-refractivity contribution in [1.82, 2.24) is 9.78 Å². The lowest BCUT2D eigenvalue weighted by Crippen LogP contribution is -2.14. The van der Waals surface area contributed by atoms with Gasteiger partial charge in [0.2, 0.25) is 5.88 Å². The van der Waals surface area contributed by atoms with Crippen LogP contribution in [0.2, 0.25) is 0 Å². The average Bonchev–Trinajstić information content (AvgIpc) is 2.33. The number of aromatic nitrogens is 2. The monoisotopic (exact) mass is 123 g/mol. The van der Waals surface area contributed by atoms with Gasteiger partial charge >= 0.3 is 0 Å². The number of hydrogen-bond donors (Lipinski definition) is 0. The molecule has 0 saturated carbocycles. The quantitative estimate of drug-likeness (QED) is 0.501. The van der Waals surface area contributed by atoms with Crippen LogP contribution in [0.1, 0.15) is 6.42 Å². The van der Waals surface area contributed by atoms with Crippen LogP contribution in [0.4, 0.5) is 0 Å². The summed E-state index contributed by atoms with van der Waals surface area (Å²) in [4.78, 5) is 0. The lowest BCUT2D eigenvalue weighted by atomic mass is 10.4. The Labute approximate surface area is 53.2 Å². The van der Waals surface area contributed by atoms with Crippen molar-refractivity contribution >= 4 is 0 Å². The summed E-state index contributed by atoms with van der Waals surface area (Å²) in [6, 6.07) is 1.76. The van der Waals surface area contributed by atoms with Crippen LogP contribution >= 0.6 is 0 Å². The summed E-state index contributed by atoms with van der Waals surface area (Å²) in [5, 5.41) is 3.92. The van der Waals surface area contributed by atoms with E-state index in [1.54, 1.807) is 6.07 Å². The molecule has 0 saturated heterocycles. The van der Waals surface area contributed by atoms with Gasteiger partial charge in [-0.2, -0.15) is 5.10 Å². The Hall–Kier alpha value is -0.990. The molecular formula is C6H7N2O. The van der Waals surface area contributed by atoms with E-state index in [1.807, 2.05) is 4.68 Å². The fraction of sp³-hybridized carbons (Fsp3) is 0.500. The minimum atomic E-state index is 0.819. The van der Waals surface area contributed by atoms with Crippen molar-refractivity contribution in [2.45, 2.75) is 13.0 Å². The smallest absolute Gasteiger partial charge is 0.212 e. The molecule has 2 rings (SSSR count). The number of fused-ring (bicyclic) bond motifs is 1. The first-order chi connectivity index (χ1) is 4.47. The summed E-state index contributed by atoms with van der Waals surface area (Å²) in [6.45, 7) is 1.79. The molecule has 0 fully saturated rings. The SMILES string of the molecule is [c]1cc2n(n1)CCCO2. The van der Waals surface area contributed by atoms with E-state index in [1.165, 1.54) is 0 Å². The molecule has 3 heteroatoms. The molecule has 0 N–H and O–H groups in total. The van der Waals surface area contributed by atoms with Crippen molar-refractivity contribution < 1.29 is 4.74 Å². The van der Waals surface area contributed by atoms with E-state index in [2.05, 4.69) is 11.3 Å². The molecule has 3 nitrogen and oxygen atoms in total. The predicted molar refractivity (Wildman–Crippen MR) is 31.2 cm³/mol. The van der Waals surface area contributed by atoms with Gasteiger partial charge in [0.15, 0.2) is 0 Å². The molecule has 1 aliphatic heterocycles. The molecule has 0 bridgehead atoms. The molecule has 0 unspecified atom stereocenters. The van der Waals surface area contributed by atoms with Crippen molar-refractivity contribution in [3.8, 4) is 5.88 Å². The van der Waals surface area contributed by atoms with Crippen molar-refractivity contribution in [2.75, 3.05) is 6.61 Å². The largest absolute Gasteiger partial charge is 0.478 e. The third-order valence-electron chi connectivity index (χ3n) is 1.39. The molecule has 0 spiro atoms. The third-order valence-corrected chi connectivity index (χ3v) is 1.39. The maximum absolute atomic E-state index is 5.23. The highest BCUT2D eigenvalue weighted by Gasteiger charge is 2.07. The number of nitrogens with zero attached hydrogens (tertiary/aromatic N) is 2. The van der Waals surface area contributed by atoms with Crippen LogP contribution in [-0.2, 0) is 6.54 Å². The van der Waals surface area contributed by atoms with E-state index in [9.17, 15) is 0 Å². The van der Waals surface area contributed by atoms with Crippen LogP contribution in [0.25, 0.3) is 0 Å². The number of aryl methyl sites for hydroxylation is 1. The van der Waals surface area contributed by atoms with E-state index in [4.69, 9.17) is 4.74 Å². The van der Waals surface area contributed by atoms with Gasteiger partial charge in [-0.15, -0.1) is 0 Å². The average molecular weight is 123 g/mol. The summed E-state index contributed by atoms with van der Waals surface area (Å²) in [6.07, 6.45) is 3.79. The first-order valence-corrected chi connectivity index (χ1v) is 3.03. The molecular weight excluding hydrogens is 116 g/mol. The second-order valence-electron chi connectivity index (χ2n) is 2.04. The minimum absolute atomic E-state index is 0.819. The maximum Gasteiger partial charge on any atom is 0.212 e. The van der Waals surface area contributed by atoms with E-state index in [0.717, 1.165) is 25.5 Å². The zero-order valence-electron chi connectivity index (χ0n) is 5.00. The number of ether oxygens (including phenoxy) is 1. The molecule has 47 valence electrons. The number of hydrogen-bond acceptors (Lipinski definition) is 2. The topological polar surface area (TPSA) is 27.1 Å². The molecule has 2 heterocycles. The number of rotatable bonds is 0. The molecule has 0 atom stereocenters. The van der Waals surface area contributed by atoms with E-state index < -0.39 is 0 Å². The van der Waals surface area contributed by atoms with E-state index >= 15 is 0 Å². The van der Waals surface area contributed by atoms with Gasteiger partial charge in [-0.25, -0.2) is 4.68 Å². The summed E-state index contributed by atoms with van der Waals surface area (Å²) in [5.74, 6) is 0.848. The summed E-state index contributed by atoms with van der Waals surface area (Å²) in [5.41, 5.74) is 0. The van der Waals surface area contributed by atoms with Gasteiger partial charge in [0.1, 0.15) is 6.20 Å². The second-order valence-corrected chi connectivity index (χ2v) is 2.04. The molecule has 1 aromatic heterocycles. The van der Waals surface area contributed by atoms with E-state index in [0.29, 0.717) is 0 Å². The molecule has 1 radical (unpaired) electrons. The van der Waals surface area contributed by atoms with Gasteiger partial charge in [0.25, 0.3) is 0 Å². The third kappa shape index (κ3) is 0.686. The predicted octanol–water partition coefficient (Wildman–Crippen LogP) is 0.466. The fourth-order valence-electron chi connectivity index (χ4n) is 0.945. The fourth-order valence-corrected chi connectivity index (χ4v) is 0.945. The molecule has 0 amide bonds. The Balaban J connectivity index is 2.39. The summed E-state index contributed by atoms with van der Waals surface area (Å²) in [7, 11) is 0. The van der Waals surface area contributed by atoms with Crippen molar-refractivity contribution in [2.24, 2.45) is 0 Å². The van der Waals surface area contributed by atoms with E-state index in [-0.39, 0.29) is 0 Å². The van der Waals surface area contributed by atoms with Crippen molar-refractivity contribution in [1.29, 1.82) is 0 Å². The Morgan fingerprint density at radius 2 is 2.78 bits per heavy atom. The Kier molecular flexibility index (Phi) is 0.946. The highest BCUT2D eigenvalue weighted by atomic mass is 16.5. The molecule has 9 heavy (non-hydrogen) atoms. The maximum atomic E-state index is 5.23. The molecule has 0 aromatic carbocycles. The van der Waals surface area contributed by atoms with Crippen LogP contribution in [0, 0.1) is 6.20 Å². The lowest BCUT2D eigenvalue weighted by Gasteiger charge is -2.13. The lowest BCUT2D eigenvalue weighted by molar-refractivity contribution is 0.230. The van der Waals surface area contributed by atoms with Crippen molar-refractivity contribution in [3.63, 3.8) is 0 Å². The zero-order chi connectivity index (χ0) is 6.10. The Morgan fingerprint density at radius 3 is 3.67 bits per heavy atom. The van der Waals surface area contributed by atoms with Crippen LogP contribution < -0.4 is 4.74 Å². The normalized spacial score (nSPS) is 16.4. The summed E-state index contributed by atoms with van der Waals surface area (Å²) >= 11 is 0. The molecule has 1 aromatic rings. The molecule has 0 aliphatic carbocycles. The Morgan fingerprint density at radius 1 is 1.78 bits per heavy atom. The zero-order valence-corrected chi connectivity index (χ0v) is 5.00. The first kappa shape index (κ1) is 4.85. The second kappa shape index (κ2) is 1.76. The van der Waals surface area contributed by atoms with Gasteiger partial charge in [-0.1, -0.05) is 0 Å². The van der Waals surface area contributed by atoms with Gasteiger partial charge in [-0.05, 0) is 0 Å².